The molecule has 0 N–H and O–H groups in total. The van der Waals surface area contributed by atoms with E-state index >= 15 is 0 Å². The van der Waals surface area contributed by atoms with Crippen molar-refractivity contribution in [1.29, 1.82) is 0 Å². The highest BCUT2D eigenvalue weighted by Crippen LogP contribution is 2.39. The molecular formula is C44H26N4O. The normalized spacial score (nSPS) is 11.7. The maximum atomic E-state index is 6.15. The zero-order valence-corrected chi connectivity index (χ0v) is 26.2. The Kier molecular flexibility index (Phi) is 6.11. The van der Waals surface area contributed by atoms with Crippen LogP contribution in [0.3, 0.4) is 0 Å². The molecule has 10 rings (SSSR count). The highest BCUT2D eigenvalue weighted by atomic mass is 16.3. The van der Waals surface area contributed by atoms with Gasteiger partial charge in [0.2, 0.25) is 0 Å². The van der Waals surface area contributed by atoms with Crippen LogP contribution in [0.1, 0.15) is 0 Å². The van der Waals surface area contributed by atoms with E-state index in [4.69, 9.17) is 24.4 Å². The fourth-order valence-electron chi connectivity index (χ4n) is 6.86. The summed E-state index contributed by atoms with van der Waals surface area (Å²) in [6.45, 7) is 0. The van der Waals surface area contributed by atoms with Crippen molar-refractivity contribution in [2.75, 3.05) is 0 Å². The van der Waals surface area contributed by atoms with Crippen LogP contribution in [0.4, 0.5) is 0 Å². The van der Waals surface area contributed by atoms with E-state index in [1.165, 1.54) is 0 Å². The van der Waals surface area contributed by atoms with Crippen LogP contribution >= 0.6 is 0 Å². The van der Waals surface area contributed by atoms with Crippen molar-refractivity contribution in [1.82, 2.24) is 19.9 Å². The Balaban J connectivity index is 1.19. The maximum Gasteiger partial charge on any atom is 0.135 e. The van der Waals surface area contributed by atoms with Gasteiger partial charge in [-0.1, -0.05) is 109 Å². The Morgan fingerprint density at radius 3 is 1.76 bits per heavy atom. The number of fused-ring (bicyclic) bond motifs is 7. The second kappa shape index (κ2) is 10.9. The lowest BCUT2D eigenvalue weighted by atomic mass is 9.96. The van der Waals surface area contributed by atoms with E-state index in [2.05, 4.69) is 91.0 Å². The molecule has 228 valence electrons. The number of pyridine rings is 2. The number of hydrogen-bond donors (Lipinski definition) is 0. The molecule has 0 aliphatic carbocycles. The predicted molar refractivity (Wildman–Crippen MR) is 199 cm³/mol. The Morgan fingerprint density at radius 2 is 0.959 bits per heavy atom. The van der Waals surface area contributed by atoms with Crippen LogP contribution in [0, 0.1) is 0 Å². The first-order chi connectivity index (χ1) is 24.3. The van der Waals surface area contributed by atoms with Gasteiger partial charge in [-0.25, -0.2) is 19.9 Å². The molecule has 4 aromatic heterocycles. The quantitative estimate of drug-likeness (QED) is 0.182. The number of nitrogens with zero attached hydrogens (tertiary/aromatic N) is 4. The van der Waals surface area contributed by atoms with Gasteiger partial charge in [0, 0.05) is 43.8 Å². The van der Waals surface area contributed by atoms with Gasteiger partial charge in [-0.05, 0) is 48.5 Å². The van der Waals surface area contributed by atoms with E-state index in [0.717, 1.165) is 99.8 Å². The number of furan rings is 1. The van der Waals surface area contributed by atoms with Crippen LogP contribution in [0.5, 0.6) is 0 Å². The molecule has 6 aromatic carbocycles. The van der Waals surface area contributed by atoms with E-state index < -0.39 is 0 Å². The third-order valence-electron chi connectivity index (χ3n) is 9.27. The fraction of sp³-hybridized carbons (Fsp3) is 0. The molecule has 0 fully saturated rings. The third kappa shape index (κ3) is 4.55. The lowest BCUT2D eigenvalue weighted by Gasteiger charge is -2.15. The van der Waals surface area contributed by atoms with Crippen LogP contribution in [-0.4, -0.2) is 19.9 Å². The first-order valence-corrected chi connectivity index (χ1v) is 16.3. The minimum atomic E-state index is 0.797. The van der Waals surface area contributed by atoms with E-state index in [-0.39, 0.29) is 0 Å². The summed E-state index contributed by atoms with van der Waals surface area (Å²) < 4.78 is 6.15. The molecule has 0 unspecified atom stereocenters. The van der Waals surface area contributed by atoms with Gasteiger partial charge in [0.05, 0.1) is 44.8 Å². The van der Waals surface area contributed by atoms with Crippen LogP contribution in [0.2, 0.25) is 0 Å². The molecule has 0 aliphatic heterocycles. The molecule has 4 heterocycles. The van der Waals surface area contributed by atoms with Gasteiger partial charge >= 0.3 is 0 Å². The van der Waals surface area contributed by atoms with E-state index in [9.17, 15) is 0 Å². The maximum absolute atomic E-state index is 6.15. The standard InChI is InChI=1S/C44H26N4O/c1-2-10-27(11-3-1)35-23-20-28-18-19-29-21-24-36(46-42(29)41(28)45-35)31-12-4-5-14-33(31)44-43(47-37-15-7-8-16-38(37)48-44)30-22-25-40-34(26-30)32-13-6-9-17-39(32)49-40/h1-26H. The Morgan fingerprint density at radius 1 is 0.367 bits per heavy atom. The minimum Gasteiger partial charge on any atom is -0.456 e. The van der Waals surface area contributed by atoms with Crippen LogP contribution in [0.25, 0.3) is 99.8 Å². The second-order valence-corrected chi connectivity index (χ2v) is 12.2. The van der Waals surface area contributed by atoms with Crippen molar-refractivity contribution in [3.63, 3.8) is 0 Å². The average Bonchev–Trinajstić information content (AvgIpc) is 3.55. The van der Waals surface area contributed by atoms with Crippen molar-refractivity contribution in [2.24, 2.45) is 0 Å². The average molecular weight is 627 g/mol. The summed E-state index contributed by atoms with van der Waals surface area (Å²) in [7, 11) is 0. The number of rotatable bonds is 4. The molecule has 0 aliphatic rings. The number of para-hydroxylation sites is 3. The first-order valence-electron chi connectivity index (χ1n) is 16.3. The third-order valence-corrected chi connectivity index (χ3v) is 9.27. The summed E-state index contributed by atoms with van der Waals surface area (Å²) in [5, 5.41) is 4.22. The largest absolute Gasteiger partial charge is 0.456 e. The first kappa shape index (κ1) is 27.4. The lowest BCUT2D eigenvalue weighted by molar-refractivity contribution is 0.669. The minimum absolute atomic E-state index is 0.797. The highest BCUT2D eigenvalue weighted by Gasteiger charge is 2.19. The summed E-state index contributed by atoms with van der Waals surface area (Å²) in [4.78, 5) is 20.9. The smallest absolute Gasteiger partial charge is 0.135 e. The number of aromatic nitrogens is 4. The zero-order valence-electron chi connectivity index (χ0n) is 26.2. The molecule has 0 spiro atoms. The van der Waals surface area contributed by atoms with Crippen molar-refractivity contribution < 1.29 is 4.42 Å². The summed E-state index contributed by atoms with van der Waals surface area (Å²) in [5.74, 6) is 0. The lowest BCUT2D eigenvalue weighted by Crippen LogP contribution is -1.98. The van der Waals surface area contributed by atoms with E-state index in [0.29, 0.717) is 0 Å². The Bertz CT molecular complexity index is 2890. The van der Waals surface area contributed by atoms with Crippen LogP contribution in [-0.2, 0) is 0 Å². The van der Waals surface area contributed by atoms with Crippen LogP contribution < -0.4 is 0 Å². The van der Waals surface area contributed by atoms with Crippen molar-refractivity contribution >= 4 is 54.8 Å². The summed E-state index contributed by atoms with van der Waals surface area (Å²) >= 11 is 0. The number of hydrogen-bond acceptors (Lipinski definition) is 5. The topological polar surface area (TPSA) is 64.7 Å². The highest BCUT2D eigenvalue weighted by molar-refractivity contribution is 6.07. The summed E-state index contributed by atoms with van der Waals surface area (Å²) in [6.07, 6.45) is 0. The Labute approximate surface area is 281 Å². The van der Waals surface area contributed by atoms with Crippen molar-refractivity contribution in [3.05, 3.63) is 158 Å². The SMILES string of the molecule is c1ccc(-c2ccc3ccc4ccc(-c5ccccc5-c5nc6ccccc6nc5-c5ccc6oc7ccccc7c6c5)nc4c3n2)cc1. The van der Waals surface area contributed by atoms with Crippen molar-refractivity contribution in [2.45, 2.75) is 0 Å². The van der Waals surface area contributed by atoms with Gasteiger partial charge in [0.25, 0.3) is 0 Å². The predicted octanol–water partition coefficient (Wildman–Crippen LogP) is 11.3. The Hall–Kier alpha value is -6.72. The second-order valence-electron chi connectivity index (χ2n) is 12.2. The van der Waals surface area contributed by atoms with E-state index in [1.54, 1.807) is 0 Å². The molecule has 0 saturated carbocycles. The summed E-state index contributed by atoms with van der Waals surface area (Å²) in [6, 6.07) is 53.7. The molecular weight excluding hydrogens is 601 g/mol. The van der Waals surface area contributed by atoms with Gasteiger partial charge < -0.3 is 4.42 Å². The molecule has 0 radical (unpaired) electrons. The molecule has 0 bridgehead atoms. The molecule has 0 atom stereocenters. The van der Waals surface area contributed by atoms with Gasteiger partial charge in [-0.15, -0.1) is 0 Å². The molecule has 10 aromatic rings. The number of benzene rings is 6. The molecule has 0 amide bonds. The van der Waals surface area contributed by atoms with E-state index in [1.807, 2.05) is 66.7 Å². The molecule has 5 nitrogen and oxygen atoms in total. The van der Waals surface area contributed by atoms with Gasteiger partial charge in [0.15, 0.2) is 0 Å². The van der Waals surface area contributed by atoms with Gasteiger partial charge in [-0.3, -0.25) is 0 Å². The molecule has 5 heteroatoms. The molecule has 49 heavy (non-hydrogen) atoms. The van der Waals surface area contributed by atoms with Gasteiger partial charge in [-0.2, -0.15) is 0 Å². The fourth-order valence-corrected chi connectivity index (χ4v) is 6.86. The zero-order chi connectivity index (χ0) is 32.3. The van der Waals surface area contributed by atoms with Gasteiger partial charge in [0.1, 0.15) is 11.2 Å². The monoisotopic (exact) mass is 626 g/mol. The van der Waals surface area contributed by atoms with Crippen LogP contribution in [0.15, 0.2) is 162 Å². The van der Waals surface area contributed by atoms with Crippen molar-refractivity contribution in [3.8, 4) is 45.0 Å². The summed E-state index contributed by atoms with van der Waals surface area (Å²) in [5.41, 5.74) is 12.5. The molecule has 0 saturated heterocycles.